The highest BCUT2D eigenvalue weighted by molar-refractivity contribution is 5.94. The number of hydrogen-bond donors (Lipinski definition) is 2. The van der Waals surface area contributed by atoms with Crippen molar-refractivity contribution in [3.8, 4) is 0 Å². The van der Waals surface area contributed by atoms with Crippen molar-refractivity contribution < 1.29 is 4.79 Å². The topological polar surface area (TPSA) is 57.8 Å². The van der Waals surface area contributed by atoms with Gasteiger partial charge in [-0.2, -0.15) is 0 Å². The second-order valence-electron chi connectivity index (χ2n) is 8.16. The van der Waals surface area contributed by atoms with Gasteiger partial charge in [0.05, 0.1) is 17.1 Å². The summed E-state index contributed by atoms with van der Waals surface area (Å²) < 4.78 is 0. The Labute approximate surface area is 155 Å². The summed E-state index contributed by atoms with van der Waals surface area (Å²) in [6.45, 7) is 10.7. The van der Waals surface area contributed by atoms with Gasteiger partial charge in [0.25, 0.3) is 5.91 Å². The summed E-state index contributed by atoms with van der Waals surface area (Å²) in [5.41, 5.74) is 3.85. The number of carbonyl (C=O) groups excluding carboxylic acids is 1. The van der Waals surface area contributed by atoms with Crippen molar-refractivity contribution in [1.82, 2.24) is 15.3 Å². The van der Waals surface area contributed by atoms with E-state index in [9.17, 15) is 4.79 Å². The molecule has 0 saturated heterocycles. The maximum absolute atomic E-state index is 12.8. The molecular weight excluding hydrogens is 322 g/mol. The monoisotopic (exact) mass is 349 g/mol. The van der Waals surface area contributed by atoms with Crippen molar-refractivity contribution in [2.45, 2.75) is 46.1 Å². The van der Waals surface area contributed by atoms with Crippen LogP contribution in [0.3, 0.4) is 0 Å². The lowest BCUT2D eigenvalue weighted by molar-refractivity contribution is 0.0923. The molecule has 26 heavy (non-hydrogen) atoms. The van der Waals surface area contributed by atoms with Crippen LogP contribution in [0.25, 0.3) is 11.0 Å². The molecule has 0 fully saturated rings. The van der Waals surface area contributed by atoms with Gasteiger partial charge in [-0.25, -0.2) is 4.98 Å². The van der Waals surface area contributed by atoms with Gasteiger partial charge >= 0.3 is 0 Å². The van der Waals surface area contributed by atoms with Gasteiger partial charge in [-0.3, -0.25) is 4.79 Å². The molecule has 2 N–H and O–H groups in total. The smallest absolute Gasteiger partial charge is 0.251 e. The summed E-state index contributed by atoms with van der Waals surface area (Å²) in [5.74, 6) is 0.929. The van der Waals surface area contributed by atoms with Crippen LogP contribution in [0.15, 0.2) is 48.5 Å². The Balaban J connectivity index is 1.82. The van der Waals surface area contributed by atoms with Crippen LogP contribution in [0.2, 0.25) is 0 Å². The zero-order chi connectivity index (χ0) is 18.9. The fraction of sp³-hybridized carbons (Fsp3) is 0.364. The van der Waals surface area contributed by atoms with E-state index in [1.165, 1.54) is 5.56 Å². The van der Waals surface area contributed by atoms with Crippen molar-refractivity contribution >= 4 is 16.9 Å². The number of carbonyl (C=O) groups is 1. The van der Waals surface area contributed by atoms with Crippen molar-refractivity contribution in [2.75, 3.05) is 0 Å². The number of aromatic amines is 1. The highest BCUT2D eigenvalue weighted by atomic mass is 16.1. The number of imidazole rings is 1. The van der Waals surface area contributed by atoms with Crippen molar-refractivity contribution in [3.05, 3.63) is 65.5 Å². The van der Waals surface area contributed by atoms with E-state index < -0.39 is 0 Å². The molecule has 136 valence electrons. The molecule has 1 heterocycles. The average molecular weight is 349 g/mol. The number of nitrogens with zero attached hydrogens (tertiary/aromatic N) is 1. The van der Waals surface area contributed by atoms with Crippen LogP contribution < -0.4 is 5.32 Å². The first-order valence-corrected chi connectivity index (χ1v) is 9.12. The molecule has 1 atom stereocenters. The highest BCUT2D eigenvalue weighted by Gasteiger charge is 2.23. The molecule has 0 spiro atoms. The van der Waals surface area contributed by atoms with E-state index in [1.54, 1.807) is 0 Å². The maximum Gasteiger partial charge on any atom is 0.251 e. The van der Waals surface area contributed by atoms with Gasteiger partial charge in [-0.1, -0.05) is 58.9 Å². The molecule has 0 unspecified atom stereocenters. The number of nitrogens with one attached hydrogen (secondary N) is 2. The molecule has 4 heteroatoms. The van der Waals surface area contributed by atoms with Gasteiger partial charge in [0.2, 0.25) is 0 Å². The van der Waals surface area contributed by atoms with Crippen LogP contribution in [0, 0.1) is 5.92 Å². The van der Waals surface area contributed by atoms with E-state index in [-0.39, 0.29) is 23.3 Å². The molecule has 1 amide bonds. The SMILES string of the molecule is CC(C)[C@H](NC(=O)c1ccc(C(C)(C)C)cc1)c1nc2ccccc2[nH]1. The molecule has 0 saturated carbocycles. The fourth-order valence-electron chi connectivity index (χ4n) is 3.02. The second-order valence-corrected chi connectivity index (χ2v) is 8.16. The fourth-order valence-corrected chi connectivity index (χ4v) is 3.02. The van der Waals surface area contributed by atoms with Gasteiger partial charge in [0.1, 0.15) is 5.82 Å². The van der Waals surface area contributed by atoms with Gasteiger partial charge in [-0.05, 0) is 41.2 Å². The minimum absolute atomic E-state index is 0.0732. The number of amides is 1. The van der Waals surface area contributed by atoms with Crippen LogP contribution in [0.5, 0.6) is 0 Å². The molecular formula is C22H27N3O. The standard InChI is InChI=1S/C22H27N3O/c1-14(2)19(20-23-17-8-6-7-9-18(17)24-20)25-21(26)15-10-12-16(13-11-15)22(3,4)5/h6-14,19H,1-5H3,(H,23,24)(H,25,26)/t19-/m0/s1. The summed E-state index contributed by atoms with van der Waals surface area (Å²) in [7, 11) is 0. The second kappa shape index (κ2) is 6.94. The van der Waals surface area contributed by atoms with E-state index in [2.05, 4.69) is 49.9 Å². The Kier molecular flexibility index (Phi) is 4.86. The lowest BCUT2D eigenvalue weighted by Crippen LogP contribution is -2.32. The quantitative estimate of drug-likeness (QED) is 0.697. The summed E-state index contributed by atoms with van der Waals surface area (Å²) in [4.78, 5) is 20.8. The lowest BCUT2D eigenvalue weighted by Gasteiger charge is -2.21. The van der Waals surface area contributed by atoms with Gasteiger partial charge < -0.3 is 10.3 Å². The summed E-state index contributed by atoms with van der Waals surface area (Å²) in [6, 6.07) is 15.6. The Morgan fingerprint density at radius 1 is 1.04 bits per heavy atom. The van der Waals surface area contributed by atoms with E-state index in [1.807, 2.05) is 48.5 Å². The molecule has 2 aromatic carbocycles. The van der Waals surface area contributed by atoms with Crippen LogP contribution >= 0.6 is 0 Å². The molecule has 3 aromatic rings. The first-order valence-electron chi connectivity index (χ1n) is 9.12. The Morgan fingerprint density at radius 2 is 1.69 bits per heavy atom. The van der Waals surface area contributed by atoms with Crippen molar-refractivity contribution in [2.24, 2.45) is 5.92 Å². The normalized spacial score (nSPS) is 13.2. The van der Waals surface area contributed by atoms with E-state index in [4.69, 9.17) is 0 Å². The molecule has 0 aliphatic heterocycles. The molecule has 0 aliphatic carbocycles. The van der Waals surface area contributed by atoms with Crippen molar-refractivity contribution in [3.63, 3.8) is 0 Å². The first-order chi connectivity index (χ1) is 12.3. The number of rotatable bonds is 4. The highest BCUT2D eigenvalue weighted by Crippen LogP contribution is 2.24. The van der Waals surface area contributed by atoms with Crippen LogP contribution in [-0.2, 0) is 5.41 Å². The number of benzene rings is 2. The molecule has 3 rings (SSSR count). The summed E-state index contributed by atoms with van der Waals surface area (Å²) >= 11 is 0. The van der Waals surface area contributed by atoms with Gasteiger partial charge in [-0.15, -0.1) is 0 Å². The van der Waals surface area contributed by atoms with E-state index >= 15 is 0 Å². The zero-order valence-electron chi connectivity index (χ0n) is 16.1. The van der Waals surface area contributed by atoms with Crippen LogP contribution in [0.1, 0.15) is 62.4 Å². The first kappa shape index (κ1) is 18.2. The van der Waals surface area contributed by atoms with Crippen LogP contribution in [0.4, 0.5) is 0 Å². The predicted octanol–water partition coefficient (Wildman–Crippen LogP) is 4.99. The summed E-state index contributed by atoms with van der Waals surface area (Å²) in [5, 5.41) is 3.14. The Hall–Kier alpha value is -2.62. The Morgan fingerprint density at radius 3 is 2.27 bits per heavy atom. The lowest BCUT2D eigenvalue weighted by atomic mass is 9.86. The predicted molar refractivity (Wildman–Crippen MR) is 106 cm³/mol. The number of fused-ring (bicyclic) bond motifs is 1. The third-order valence-corrected chi connectivity index (χ3v) is 4.67. The minimum atomic E-state index is -0.169. The third-order valence-electron chi connectivity index (χ3n) is 4.67. The minimum Gasteiger partial charge on any atom is -0.342 e. The molecule has 4 nitrogen and oxygen atoms in total. The molecule has 0 bridgehead atoms. The third kappa shape index (κ3) is 3.79. The van der Waals surface area contributed by atoms with E-state index in [0.717, 1.165) is 16.9 Å². The molecule has 0 radical (unpaired) electrons. The van der Waals surface area contributed by atoms with E-state index in [0.29, 0.717) is 5.56 Å². The number of H-pyrrole nitrogens is 1. The zero-order valence-corrected chi connectivity index (χ0v) is 16.1. The molecule has 1 aromatic heterocycles. The van der Waals surface area contributed by atoms with Gasteiger partial charge in [0, 0.05) is 5.56 Å². The van der Waals surface area contributed by atoms with Crippen LogP contribution in [-0.4, -0.2) is 15.9 Å². The number of hydrogen-bond acceptors (Lipinski definition) is 2. The van der Waals surface area contributed by atoms with Crippen molar-refractivity contribution in [1.29, 1.82) is 0 Å². The summed E-state index contributed by atoms with van der Waals surface area (Å²) in [6.07, 6.45) is 0. The molecule has 0 aliphatic rings. The Bertz CT molecular complexity index is 868. The average Bonchev–Trinajstić information content (AvgIpc) is 3.02. The van der Waals surface area contributed by atoms with Gasteiger partial charge in [0.15, 0.2) is 0 Å². The maximum atomic E-state index is 12.8. The number of aromatic nitrogens is 2. The number of para-hydroxylation sites is 2. The largest absolute Gasteiger partial charge is 0.342 e.